The van der Waals surface area contributed by atoms with Crippen molar-refractivity contribution in [2.75, 3.05) is 10.7 Å². The molecule has 0 saturated carbocycles. The van der Waals surface area contributed by atoms with E-state index in [1.165, 1.54) is 0 Å². The minimum atomic E-state index is -0.324. The number of amides is 1. The number of aromatic nitrogens is 2. The Morgan fingerprint density at radius 2 is 2.21 bits per heavy atom. The minimum Gasteiger partial charge on any atom is -0.308 e. The van der Waals surface area contributed by atoms with Gasteiger partial charge in [0.2, 0.25) is 0 Å². The van der Waals surface area contributed by atoms with Gasteiger partial charge in [0.15, 0.2) is 5.82 Å². The third kappa shape index (κ3) is 3.07. The van der Waals surface area contributed by atoms with Crippen LogP contribution in [-0.2, 0) is 0 Å². The second-order valence-corrected chi connectivity index (χ2v) is 4.67. The molecule has 0 aliphatic carbocycles. The summed E-state index contributed by atoms with van der Waals surface area (Å²) in [7, 11) is 0. The van der Waals surface area contributed by atoms with Crippen LogP contribution in [0.25, 0.3) is 0 Å². The van der Waals surface area contributed by atoms with E-state index in [2.05, 4.69) is 36.6 Å². The van der Waals surface area contributed by atoms with Gasteiger partial charge in [-0.25, -0.2) is 15.8 Å². The fraction of sp³-hybridized carbons (Fsp3) is 0.0833. The molecular formula is C12H12BrN5O. The molecule has 2 heterocycles. The summed E-state index contributed by atoms with van der Waals surface area (Å²) >= 11 is 3.35. The van der Waals surface area contributed by atoms with Crippen LogP contribution in [0.2, 0.25) is 0 Å². The lowest BCUT2D eigenvalue weighted by atomic mass is 10.2. The maximum absolute atomic E-state index is 12.1. The van der Waals surface area contributed by atoms with Crippen molar-refractivity contribution in [1.29, 1.82) is 0 Å². The average molecular weight is 322 g/mol. The molecule has 6 nitrogen and oxygen atoms in total. The molecule has 0 aromatic carbocycles. The summed E-state index contributed by atoms with van der Waals surface area (Å²) in [5.41, 5.74) is 3.72. The lowest BCUT2D eigenvalue weighted by molar-refractivity contribution is 0.102. The van der Waals surface area contributed by atoms with Gasteiger partial charge < -0.3 is 10.7 Å². The van der Waals surface area contributed by atoms with Crippen LogP contribution in [0, 0.1) is 6.92 Å². The lowest BCUT2D eigenvalue weighted by Gasteiger charge is -2.08. The zero-order valence-electron chi connectivity index (χ0n) is 10.1. The van der Waals surface area contributed by atoms with Gasteiger partial charge in [-0.2, -0.15) is 0 Å². The molecule has 0 radical (unpaired) electrons. The number of pyridine rings is 2. The van der Waals surface area contributed by atoms with Crippen LogP contribution in [0.1, 0.15) is 15.9 Å². The number of hydrogen-bond donors (Lipinski definition) is 3. The third-order valence-electron chi connectivity index (χ3n) is 2.48. The van der Waals surface area contributed by atoms with Gasteiger partial charge in [-0.1, -0.05) is 0 Å². The van der Waals surface area contributed by atoms with Gasteiger partial charge in [-0.05, 0) is 46.6 Å². The number of nitrogens with zero attached hydrogens (tertiary/aromatic N) is 2. The third-order valence-corrected chi connectivity index (χ3v) is 3.31. The number of rotatable bonds is 3. The molecule has 19 heavy (non-hydrogen) atoms. The number of hydrogen-bond acceptors (Lipinski definition) is 5. The number of aryl methyl sites for hydroxylation is 1. The number of hydrazine groups is 1. The standard InChI is InChI=1S/C12H12BrN5O/c1-7-5-10(16-6-9(7)13)17-12(19)8-3-2-4-15-11(8)18-14/h2-6H,14H2,1H3,(H,15,18)(H,16,17,19). The van der Waals surface area contributed by atoms with Crippen LogP contribution in [0.4, 0.5) is 11.6 Å². The zero-order valence-corrected chi connectivity index (χ0v) is 11.7. The summed E-state index contributed by atoms with van der Waals surface area (Å²) in [4.78, 5) is 20.2. The van der Waals surface area contributed by atoms with Crippen LogP contribution in [0.5, 0.6) is 0 Å². The summed E-state index contributed by atoms with van der Waals surface area (Å²) in [5.74, 6) is 5.77. The van der Waals surface area contributed by atoms with E-state index < -0.39 is 0 Å². The first-order valence-corrected chi connectivity index (χ1v) is 6.26. The fourth-order valence-corrected chi connectivity index (χ4v) is 1.71. The highest BCUT2D eigenvalue weighted by molar-refractivity contribution is 9.10. The molecule has 0 fully saturated rings. The monoisotopic (exact) mass is 321 g/mol. The van der Waals surface area contributed by atoms with E-state index in [1.54, 1.807) is 30.6 Å². The van der Waals surface area contributed by atoms with E-state index in [0.29, 0.717) is 17.2 Å². The van der Waals surface area contributed by atoms with E-state index in [0.717, 1.165) is 10.0 Å². The number of anilines is 2. The smallest absolute Gasteiger partial charge is 0.260 e. The molecule has 98 valence electrons. The largest absolute Gasteiger partial charge is 0.308 e. The second-order valence-electron chi connectivity index (χ2n) is 3.82. The molecule has 2 rings (SSSR count). The Hall–Kier alpha value is -1.99. The van der Waals surface area contributed by atoms with Gasteiger partial charge >= 0.3 is 0 Å². The Kier molecular flexibility index (Phi) is 4.08. The highest BCUT2D eigenvalue weighted by Gasteiger charge is 2.12. The number of carbonyl (C=O) groups is 1. The van der Waals surface area contributed by atoms with Crippen molar-refractivity contribution >= 4 is 33.5 Å². The van der Waals surface area contributed by atoms with Gasteiger partial charge in [-0.15, -0.1) is 0 Å². The fourth-order valence-electron chi connectivity index (χ4n) is 1.49. The molecule has 0 aliphatic rings. The second kappa shape index (κ2) is 5.77. The Balaban J connectivity index is 2.23. The molecule has 2 aromatic heterocycles. The van der Waals surface area contributed by atoms with E-state index in [-0.39, 0.29) is 5.91 Å². The number of nitrogens with two attached hydrogens (primary N) is 1. The molecule has 2 aromatic rings. The SMILES string of the molecule is Cc1cc(NC(=O)c2cccnc2NN)ncc1Br. The van der Waals surface area contributed by atoms with Gasteiger partial charge in [0.05, 0.1) is 5.56 Å². The predicted octanol–water partition coefficient (Wildman–Crippen LogP) is 2.09. The minimum absolute atomic E-state index is 0.314. The first-order valence-electron chi connectivity index (χ1n) is 5.47. The van der Waals surface area contributed by atoms with Crippen molar-refractivity contribution in [3.63, 3.8) is 0 Å². The first-order chi connectivity index (χ1) is 9.11. The quantitative estimate of drug-likeness (QED) is 0.594. The number of nitrogen functional groups attached to an aromatic ring is 1. The Morgan fingerprint density at radius 1 is 1.42 bits per heavy atom. The van der Waals surface area contributed by atoms with Gasteiger partial charge in [-0.3, -0.25) is 4.79 Å². The molecular weight excluding hydrogens is 310 g/mol. The molecule has 0 spiro atoms. The van der Waals surface area contributed by atoms with Crippen LogP contribution in [0.3, 0.4) is 0 Å². The average Bonchev–Trinajstić information content (AvgIpc) is 2.43. The van der Waals surface area contributed by atoms with Gasteiger partial charge in [0.25, 0.3) is 5.91 Å². The Morgan fingerprint density at radius 3 is 2.89 bits per heavy atom. The topological polar surface area (TPSA) is 92.9 Å². The van der Waals surface area contributed by atoms with Crippen LogP contribution < -0.4 is 16.6 Å². The van der Waals surface area contributed by atoms with Crippen molar-refractivity contribution in [2.24, 2.45) is 5.84 Å². The molecule has 0 unspecified atom stereocenters. The predicted molar refractivity (Wildman–Crippen MR) is 76.7 cm³/mol. The Labute approximate surface area is 118 Å². The number of carbonyl (C=O) groups excluding carboxylic acids is 1. The normalized spacial score (nSPS) is 10.1. The van der Waals surface area contributed by atoms with Crippen LogP contribution in [0.15, 0.2) is 35.1 Å². The summed E-state index contributed by atoms with van der Waals surface area (Å²) in [6, 6.07) is 5.06. The van der Waals surface area contributed by atoms with Crippen molar-refractivity contribution < 1.29 is 4.79 Å². The van der Waals surface area contributed by atoms with Crippen molar-refractivity contribution in [2.45, 2.75) is 6.92 Å². The van der Waals surface area contributed by atoms with Gasteiger partial charge in [0.1, 0.15) is 5.82 Å². The highest BCUT2D eigenvalue weighted by atomic mass is 79.9. The zero-order chi connectivity index (χ0) is 13.8. The van der Waals surface area contributed by atoms with Crippen LogP contribution >= 0.6 is 15.9 Å². The number of halogens is 1. The summed E-state index contributed by atoms with van der Waals surface area (Å²) in [5, 5.41) is 2.69. The van der Waals surface area contributed by atoms with E-state index in [9.17, 15) is 4.79 Å². The maximum atomic E-state index is 12.1. The molecule has 0 bridgehead atoms. The highest BCUT2D eigenvalue weighted by Crippen LogP contribution is 2.18. The molecule has 1 amide bonds. The van der Waals surface area contributed by atoms with Crippen molar-refractivity contribution in [3.05, 3.63) is 46.2 Å². The molecule has 4 N–H and O–H groups in total. The van der Waals surface area contributed by atoms with Crippen molar-refractivity contribution in [3.8, 4) is 0 Å². The van der Waals surface area contributed by atoms with Crippen LogP contribution in [-0.4, -0.2) is 15.9 Å². The van der Waals surface area contributed by atoms with E-state index >= 15 is 0 Å². The van der Waals surface area contributed by atoms with Crippen molar-refractivity contribution in [1.82, 2.24) is 9.97 Å². The molecule has 0 aliphatic heterocycles. The van der Waals surface area contributed by atoms with E-state index in [4.69, 9.17) is 5.84 Å². The molecule has 0 saturated heterocycles. The summed E-state index contributed by atoms with van der Waals surface area (Å²) < 4.78 is 0.885. The lowest BCUT2D eigenvalue weighted by Crippen LogP contribution is -2.18. The number of nitrogens with one attached hydrogen (secondary N) is 2. The summed E-state index contributed by atoms with van der Waals surface area (Å²) in [6.07, 6.45) is 3.18. The first kappa shape index (κ1) is 13.4. The molecule has 0 atom stereocenters. The Bertz CT molecular complexity index is 617. The maximum Gasteiger partial charge on any atom is 0.260 e. The summed E-state index contributed by atoms with van der Waals surface area (Å²) in [6.45, 7) is 1.92. The van der Waals surface area contributed by atoms with E-state index in [1.807, 2.05) is 6.92 Å². The molecule has 7 heteroatoms. The van der Waals surface area contributed by atoms with Gasteiger partial charge in [0, 0.05) is 16.9 Å².